The molecule has 33 heavy (non-hydrogen) atoms. The molecule has 0 aliphatic carbocycles. The van der Waals surface area contributed by atoms with Crippen LogP contribution in [0.1, 0.15) is 18.5 Å². The predicted molar refractivity (Wildman–Crippen MR) is 120 cm³/mol. The summed E-state index contributed by atoms with van der Waals surface area (Å²) < 4.78 is 26.1. The number of methoxy groups -OCH3 is 1. The molecule has 4 aromatic rings. The van der Waals surface area contributed by atoms with Gasteiger partial charge in [-0.05, 0) is 48.9 Å². The monoisotopic (exact) mass is 445 g/mol. The summed E-state index contributed by atoms with van der Waals surface area (Å²) in [4.78, 5) is 18.1. The number of hydrogen-bond donors (Lipinski definition) is 2. The summed E-state index contributed by atoms with van der Waals surface area (Å²) >= 11 is 0. The van der Waals surface area contributed by atoms with Crippen molar-refractivity contribution in [1.82, 2.24) is 14.8 Å². The minimum atomic E-state index is -0.646. The van der Waals surface area contributed by atoms with Gasteiger partial charge in [-0.1, -0.05) is 24.3 Å². The lowest BCUT2D eigenvalue weighted by Gasteiger charge is -2.28. The number of carbonyl (C=O) groups is 1. The molecule has 3 heterocycles. The van der Waals surface area contributed by atoms with E-state index in [9.17, 15) is 9.18 Å². The number of amides is 1. The third kappa shape index (κ3) is 3.73. The van der Waals surface area contributed by atoms with E-state index in [1.54, 1.807) is 54.1 Å². The van der Waals surface area contributed by atoms with Crippen molar-refractivity contribution in [3.63, 3.8) is 0 Å². The van der Waals surface area contributed by atoms with Gasteiger partial charge in [0.1, 0.15) is 17.6 Å². The van der Waals surface area contributed by atoms with Crippen molar-refractivity contribution in [2.45, 2.75) is 13.0 Å². The first kappa shape index (κ1) is 20.5. The summed E-state index contributed by atoms with van der Waals surface area (Å²) in [5.74, 6) is 1.13. The number of para-hydroxylation sites is 2. The first-order valence-electron chi connectivity index (χ1n) is 10.2. The van der Waals surface area contributed by atoms with Crippen molar-refractivity contribution in [3.8, 4) is 17.3 Å². The molecule has 0 spiro atoms. The first-order chi connectivity index (χ1) is 16.0. The van der Waals surface area contributed by atoms with E-state index in [2.05, 4.69) is 20.7 Å². The molecular formula is C24H20FN5O3. The van der Waals surface area contributed by atoms with Crippen LogP contribution in [-0.4, -0.2) is 27.8 Å². The van der Waals surface area contributed by atoms with Gasteiger partial charge in [0.2, 0.25) is 11.8 Å². The van der Waals surface area contributed by atoms with Gasteiger partial charge in [0.25, 0.3) is 5.91 Å². The lowest BCUT2D eigenvalue weighted by atomic mass is 9.95. The normalized spacial score (nSPS) is 15.1. The molecule has 0 fully saturated rings. The van der Waals surface area contributed by atoms with E-state index in [4.69, 9.17) is 9.15 Å². The number of aromatic nitrogens is 3. The number of anilines is 2. The van der Waals surface area contributed by atoms with Crippen LogP contribution in [-0.2, 0) is 4.79 Å². The number of benzene rings is 2. The van der Waals surface area contributed by atoms with Crippen molar-refractivity contribution >= 4 is 17.5 Å². The Morgan fingerprint density at radius 1 is 1.15 bits per heavy atom. The summed E-state index contributed by atoms with van der Waals surface area (Å²) in [6.45, 7) is 1.79. The van der Waals surface area contributed by atoms with Crippen LogP contribution >= 0.6 is 0 Å². The van der Waals surface area contributed by atoms with Gasteiger partial charge in [0.15, 0.2) is 5.76 Å². The SMILES string of the molecule is COc1ccccc1NC(=O)C1=C(C)Nc2nc(-c3ccco3)nn2[C@@H]1c1ccc(F)cc1. The number of allylic oxidation sites excluding steroid dienone is 1. The second-order valence-electron chi connectivity index (χ2n) is 7.45. The maximum Gasteiger partial charge on any atom is 0.255 e. The Labute approximate surface area is 188 Å². The van der Waals surface area contributed by atoms with Crippen LogP contribution in [0.3, 0.4) is 0 Å². The number of hydrogen-bond acceptors (Lipinski definition) is 6. The van der Waals surface area contributed by atoms with Crippen LogP contribution in [0.2, 0.25) is 0 Å². The van der Waals surface area contributed by atoms with E-state index < -0.39 is 6.04 Å². The fraction of sp³-hybridized carbons (Fsp3) is 0.125. The molecule has 2 N–H and O–H groups in total. The zero-order valence-corrected chi connectivity index (χ0v) is 17.9. The third-order valence-electron chi connectivity index (χ3n) is 5.38. The lowest BCUT2D eigenvalue weighted by molar-refractivity contribution is -0.113. The topological polar surface area (TPSA) is 94.2 Å². The maximum atomic E-state index is 13.7. The summed E-state index contributed by atoms with van der Waals surface area (Å²) in [5.41, 5.74) is 2.22. The molecule has 2 aromatic heterocycles. The molecule has 8 nitrogen and oxygen atoms in total. The van der Waals surface area contributed by atoms with Gasteiger partial charge in [0, 0.05) is 5.70 Å². The first-order valence-corrected chi connectivity index (χ1v) is 10.2. The van der Waals surface area contributed by atoms with Gasteiger partial charge >= 0.3 is 0 Å². The summed E-state index contributed by atoms with van der Waals surface area (Å²) in [6, 6.07) is 16.0. The lowest BCUT2D eigenvalue weighted by Crippen LogP contribution is -2.31. The van der Waals surface area contributed by atoms with Gasteiger partial charge in [-0.25, -0.2) is 9.07 Å². The molecular weight excluding hydrogens is 425 g/mol. The highest BCUT2D eigenvalue weighted by Crippen LogP contribution is 2.37. The Balaban J connectivity index is 1.60. The number of nitrogens with one attached hydrogen (secondary N) is 2. The number of fused-ring (bicyclic) bond motifs is 1. The molecule has 0 unspecified atom stereocenters. The highest BCUT2D eigenvalue weighted by Gasteiger charge is 2.35. The highest BCUT2D eigenvalue weighted by atomic mass is 19.1. The maximum absolute atomic E-state index is 13.7. The average molecular weight is 445 g/mol. The molecule has 0 bridgehead atoms. The van der Waals surface area contributed by atoms with Gasteiger partial charge in [-0.3, -0.25) is 4.79 Å². The number of rotatable bonds is 5. The van der Waals surface area contributed by atoms with E-state index in [0.29, 0.717) is 45.8 Å². The Kier molecular flexibility index (Phi) is 5.14. The molecule has 0 saturated carbocycles. The molecule has 9 heteroatoms. The standard InChI is InChI=1S/C24H20FN5O3/c1-14-20(23(31)27-17-6-3-4-7-18(17)32-2)21(15-9-11-16(25)12-10-15)30-24(26-14)28-22(29-30)19-8-5-13-33-19/h3-13,21H,1-2H3,(H,27,31)(H,26,28,29)/t21-/m1/s1. The summed E-state index contributed by atoms with van der Waals surface area (Å²) in [6.07, 6.45) is 1.54. The molecule has 1 aliphatic heterocycles. The Bertz CT molecular complexity index is 1340. The number of halogens is 1. The fourth-order valence-corrected chi connectivity index (χ4v) is 3.85. The molecule has 1 atom stereocenters. The fourth-order valence-electron chi connectivity index (χ4n) is 3.85. The highest BCUT2D eigenvalue weighted by molar-refractivity contribution is 6.06. The van der Waals surface area contributed by atoms with E-state index in [-0.39, 0.29) is 11.7 Å². The van der Waals surface area contributed by atoms with Crippen molar-refractivity contribution < 1.29 is 18.3 Å². The Morgan fingerprint density at radius 3 is 2.67 bits per heavy atom. The smallest absolute Gasteiger partial charge is 0.255 e. The van der Waals surface area contributed by atoms with E-state index >= 15 is 0 Å². The number of nitrogens with zero attached hydrogens (tertiary/aromatic N) is 3. The van der Waals surface area contributed by atoms with Crippen molar-refractivity contribution in [1.29, 1.82) is 0 Å². The summed E-state index contributed by atoms with van der Waals surface area (Å²) in [5, 5.41) is 10.7. The molecule has 1 aliphatic rings. The van der Waals surface area contributed by atoms with E-state index in [1.165, 1.54) is 25.5 Å². The average Bonchev–Trinajstić information content (AvgIpc) is 3.49. The number of furan rings is 1. The van der Waals surface area contributed by atoms with Gasteiger partial charge in [-0.2, -0.15) is 4.98 Å². The molecule has 0 saturated heterocycles. The van der Waals surface area contributed by atoms with Crippen LogP contribution in [0.5, 0.6) is 5.75 Å². The van der Waals surface area contributed by atoms with Gasteiger partial charge in [-0.15, -0.1) is 5.10 Å². The second-order valence-corrected chi connectivity index (χ2v) is 7.45. The van der Waals surface area contributed by atoms with Crippen LogP contribution in [0.4, 0.5) is 16.0 Å². The van der Waals surface area contributed by atoms with Crippen molar-refractivity contribution in [3.05, 3.63) is 89.6 Å². The van der Waals surface area contributed by atoms with Crippen molar-refractivity contribution in [2.75, 3.05) is 17.7 Å². The van der Waals surface area contributed by atoms with Gasteiger partial charge < -0.3 is 19.8 Å². The number of ether oxygens (including phenoxy) is 1. The Hall–Kier alpha value is -4.40. The molecule has 2 aromatic carbocycles. The van der Waals surface area contributed by atoms with Crippen LogP contribution in [0.25, 0.3) is 11.6 Å². The van der Waals surface area contributed by atoms with E-state index in [1.807, 2.05) is 6.07 Å². The molecule has 166 valence electrons. The van der Waals surface area contributed by atoms with Crippen LogP contribution in [0.15, 0.2) is 82.6 Å². The molecule has 1 amide bonds. The minimum Gasteiger partial charge on any atom is -0.495 e. The predicted octanol–water partition coefficient (Wildman–Crippen LogP) is 4.61. The molecule has 5 rings (SSSR count). The van der Waals surface area contributed by atoms with Crippen LogP contribution < -0.4 is 15.4 Å². The zero-order chi connectivity index (χ0) is 22.9. The van der Waals surface area contributed by atoms with Gasteiger partial charge in [0.05, 0.1) is 24.6 Å². The second kappa shape index (κ2) is 8.27. The summed E-state index contributed by atoms with van der Waals surface area (Å²) in [7, 11) is 1.54. The van der Waals surface area contributed by atoms with Crippen LogP contribution in [0, 0.1) is 5.82 Å². The third-order valence-corrected chi connectivity index (χ3v) is 5.38. The zero-order valence-electron chi connectivity index (χ0n) is 17.9. The largest absolute Gasteiger partial charge is 0.495 e. The van der Waals surface area contributed by atoms with E-state index in [0.717, 1.165) is 0 Å². The quantitative estimate of drug-likeness (QED) is 0.466. The molecule has 0 radical (unpaired) electrons. The minimum absolute atomic E-state index is 0.348. The van der Waals surface area contributed by atoms with Crippen molar-refractivity contribution in [2.24, 2.45) is 0 Å². The Morgan fingerprint density at radius 2 is 1.94 bits per heavy atom. The number of carbonyl (C=O) groups excluding carboxylic acids is 1.